The molecule has 0 spiro atoms. The number of nitrogens with one attached hydrogen (secondary N) is 1. The number of rotatable bonds is 5. The molecular weight excluding hydrogens is 328 g/mol. The molecule has 1 atom stereocenters. The highest BCUT2D eigenvalue weighted by atomic mass is 79.9. The lowest BCUT2D eigenvalue weighted by Crippen LogP contribution is -2.40. The summed E-state index contributed by atoms with van der Waals surface area (Å²) in [6.07, 6.45) is 5.03. The largest absolute Gasteiger partial charge is 0.353 e. The van der Waals surface area contributed by atoms with E-state index in [0.29, 0.717) is 5.92 Å². The van der Waals surface area contributed by atoms with Crippen molar-refractivity contribution in [1.82, 2.24) is 5.32 Å². The Hall–Kier alpha value is -0.870. The van der Waals surface area contributed by atoms with Gasteiger partial charge in [0.25, 0.3) is 0 Å². The first-order chi connectivity index (χ1) is 10.1. The van der Waals surface area contributed by atoms with Gasteiger partial charge in [0.05, 0.1) is 0 Å². The molecule has 1 aliphatic rings. The average molecular weight is 353 g/mol. The van der Waals surface area contributed by atoms with E-state index in [0.717, 1.165) is 43.1 Å². The van der Waals surface area contributed by atoms with Crippen LogP contribution >= 0.6 is 15.9 Å². The van der Waals surface area contributed by atoms with E-state index in [2.05, 4.69) is 40.3 Å². The SMILES string of the molecule is CC(Cc1ccc(Br)cc1)NC(=O)C1CCC(CN)CC1. The molecule has 3 nitrogen and oxygen atoms in total. The summed E-state index contributed by atoms with van der Waals surface area (Å²) in [6, 6.07) is 8.44. The molecule has 21 heavy (non-hydrogen) atoms. The summed E-state index contributed by atoms with van der Waals surface area (Å²) in [5.74, 6) is 1.02. The number of benzene rings is 1. The maximum atomic E-state index is 12.3. The van der Waals surface area contributed by atoms with Crippen LogP contribution in [0.2, 0.25) is 0 Å². The topological polar surface area (TPSA) is 55.1 Å². The molecule has 4 heteroatoms. The van der Waals surface area contributed by atoms with Crippen molar-refractivity contribution in [3.8, 4) is 0 Å². The first kappa shape index (κ1) is 16.5. The van der Waals surface area contributed by atoms with Crippen molar-refractivity contribution in [2.75, 3.05) is 6.54 Å². The monoisotopic (exact) mass is 352 g/mol. The van der Waals surface area contributed by atoms with Gasteiger partial charge in [0, 0.05) is 16.4 Å². The quantitative estimate of drug-likeness (QED) is 0.854. The highest BCUT2D eigenvalue weighted by Gasteiger charge is 2.26. The molecule has 2 rings (SSSR count). The van der Waals surface area contributed by atoms with Gasteiger partial charge >= 0.3 is 0 Å². The Labute approximate surface area is 135 Å². The van der Waals surface area contributed by atoms with Crippen LogP contribution in [0.1, 0.15) is 38.2 Å². The number of halogens is 1. The molecule has 0 bridgehead atoms. The fourth-order valence-corrected chi connectivity index (χ4v) is 3.31. The van der Waals surface area contributed by atoms with Crippen LogP contribution in [0, 0.1) is 11.8 Å². The number of hydrogen-bond donors (Lipinski definition) is 2. The molecule has 0 aromatic heterocycles. The van der Waals surface area contributed by atoms with Gasteiger partial charge in [-0.15, -0.1) is 0 Å². The van der Waals surface area contributed by atoms with Gasteiger partial charge in [-0.25, -0.2) is 0 Å². The Morgan fingerprint density at radius 1 is 1.29 bits per heavy atom. The zero-order valence-electron chi connectivity index (χ0n) is 12.6. The highest BCUT2D eigenvalue weighted by Crippen LogP contribution is 2.28. The second-order valence-electron chi connectivity index (χ2n) is 6.19. The van der Waals surface area contributed by atoms with E-state index in [1.807, 2.05) is 12.1 Å². The molecule has 0 radical (unpaired) electrons. The lowest BCUT2D eigenvalue weighted by Gasteiger charge is -2.28. The number of carbonyl (C=O) groups is 1. The van der Waals surface area contributed by atoms with Crippen molar-refractivity contribution < 1.29 is 4.79 Å². The smallest absolute Gasteiger partial charge is 0.223 e. The van der Waals surface area contributed by atoms with E-state index in [4.69, 9.17) is 5.73 Å². The maximum Gasteiger partial charge on any atom is 0.223 e. The molecule has 1 aromatic carbocycles. The minimum Gasteiger partial charge on any atom is -0.353 e. The normalized spacial score (nSPS) is 23.6. The van der Waals surface area contributed by atoms with Crippen LogP contribution in [0.15, 0.2) is 28.7 Å². The van der Waals surface area contributed by atoms with Gasteiger partial charge < -0.3 is 11.1 Å². The summed E-state index contributed by atoms with van der Waals surface area (Å²) in [5.41, 5.74) is 6.95. The van der Waals surface area contributed by atoms with Crippen molar-refractivity contribution in [2.45, 2.75) is 45.1 Å². The van der Waals surface area contributed by atoms with Crippen LogP contribution in [-0.4, -0.2) is 18.5 Å². The summed E-state index contributed by atoms with van der Waals surface area (Å²) < 4.78 is 1.08. The Bertz CT molecular complexity index is 452. The van der Waals surface area contributed by atoms with Crippen LogP contribution < -0.4 is 11.1 Å². The molecule has 0 saturated heterocycles. The summed E-state index contributed by atoms with van der Waals surface area (Å²) in [5, 5.41) is 3.16. The Balaban J connectivity index is 1.78. The Kier molecular flexibility index (Phi) is 6.24. The molecule has 1 aliphatic carbocycles. The second-order valence-corrected chi connectivity index (χ2v) is 7.11. The fraction of sp³-hybridized carbons (Fsp3) is 0.588. The number of nitrogens with two attached hydrogens (primary N) is 1. The summed E-state index contributed by atoms with van der Waals surface area (Å²) >= 11 is 3.44. The molecule has 3 N–H and O–H groups in total. The predicted molar refractivity (Wildman–Crippen MR) is 90.0 cm³/mol. The van der Waals surface area contributed by atoms with Gasteiger partial charge in [-0.3, -0.25) is 4.79 Å². The van der Waals surface area contributed by atoms with Crippen molar-refractivity contribution in [2.24, 2.45) is 17.6 Å². The number of carbonyl (C=O) groups excluding carboxylic acids is 1. The summed E-state index contributed by atoms with van der Waals surface area (Å²) in [4.78, 5) is 12.3. The van der Waals surface area contributed by atoms with Crippen molar-refractivity contribution in [3.63, 3.8) is 0 Å². The van der Waals surface area contributed by atoms with Crippen LogP contribution in [0.25, 0.3) is 0 Å². The Morgan fingerprint density at radius 3 is 2.48 bits per heavy atom. The standard InChI is InChI=1S/C17H25BrN2O/c1-12(10-13-4-8-16(18)9-5-13)20-17(21)15-6-2-14(11-19)3-7-15/h4-5,8-9,12,14-15H,2-3,6-7,10-11,19H2,1H3,(H,20,21). The summed E-state index contributed by atoms with van der Waals surface area (Å²) in [7, 11) is 0. The van der Waals surface area contributed by atoms with Crippen LogP contribution in [0.5, 0.6) is 0 Å². The molecule has 0 heterocycles. The van der Waals surface area contributed by atoms with Crippen LogP contribution in [-0.2, 0) is 11.2 Å². The lowest BCUT2D eigenvalue weighted by atomic mass is 9.81. The lowest BCUT2D eigenvalue weighted by molar-refractivity contribution is -0.126. The third kappa shape index (κ3) is 5.11. The van der Waals surface area contributed by atoms with Gasteiger partial charge in [0.15, 0.2) is 0 Å². The van der Waals surface area contributed by atoms with Gasteiger partial charge in [-0.1, -0.05) is 28.1 Å². The molecule has 0 aliphatic heterocycles. The predicted octanol–water partition coefficient (Wildman–Crippen LogP) is 3.26. The molecule has 1 unspecified atom stereocenters. The summed E-state index contributed by atoms with van der Waals surface area (Å²) in [6.45, 7) is 2.83. The van der Waals surface area contributed by atoms with Gasteiger partial charge in [-0.05, 0) is 69.2 Å². The van der Waals surface area contributed by atoms with E-state index < -0.39 is 0 Å². The Morgan fingerprint density at radius 2 is 1.90 bits per heavy atom. The van der Waals surface area contributed by atoms with Crippen molar-refractivity contribution >= 4 is 21.8 Å². The molecule has 1 aromatic rings. The van der Waals surface area contributed by atoms with Crippen molar-refractivity contribution in [1.29, 1.82) is 0 Å². The number of hydrogen-bond acceptors (Lipinski definition) is 2. The fourth-order valence-electron chi connectivity index (χ4n) is 3.05. The van der Waals surface area contributed by atoms with E-state index in [1.54, 1.807) is 0 Å². The van der Waals surface area contributed by atoms with E-state index >= 15 is 0 Å². The molecule has 1 saturated carbocycles. The van der Waals surface area contributed by atoms with Crippen LogP contribution in [0.4, 0.5) is 0 Å². The van der Waals surface area contributed by atoms with Crippen molar-refractivity contribution in [3.05, 3.63) is 34.3 Å². The molecule has 1 amide bonds. The highest BCUT2D eigenvalue weighted by molar-refractivity contribution is 9.10. The van der Waals surface area contributed by atoms with Crippen LogP contribution in [0.3, 0.4) is 0 Å². The second kappa shape index (κ2) is 7.95. The maximum absolute atomic E-state index is 12.3. The minimum absolute atomic E-state index is 0.172. The van der Waals surface area contributed by atoms with Gasteiger partial charge in [0.2, 0.25) is 5.91 Å². The molecule has 116 valence electrons. The third-order valence-corrected chi connectivity index (χ3v) is 4.92. The third-order valence-electron chi connectivity index (χ3n) is 4.39. The van der Waals surface area contributed by atoms with Gasteiger partial charge in [0.1, 0.15) is 0 Å². The number of amides is 1. The molecular formula is C17H25BrN2O. The van der Waals surface area contributed by atoms with Gasteiger partial charge in [-0.2, -0.15) is 0 Å². The average Bonchev–Trinajstić information content (AvgIpc) is 2.49. The minimum atomic E-state index is 0.172. The zero-order valence-corrected chi connectivity index (χ0v) is 14.2. The zero-order chi connectivity index (χ0) is 15.2. The molecule has 1 fully saturated rings. The van der Waals surface area contributed by atoms with E-state index in [1.165, 1.54) is 5.56 Å². The van der Waals surface area contributed by atoms with E-state index in [9.17, 15) is 4.79 Å². The first-order valence-electron chi connectivity index (χ1n) is 7.83. The van der Waals surface area contributed by atoms with E-state index in [-0.39, 0.29) is 17.9 Å². The first-order valence-corrected chi connectivity index (χ1v) is 8.62.